The largest absolute Gasteiger partial charge is 0.497 e. The van der Waals surface area contributed by atoms with E-state index in [0.717, 1.165) is 18.2 Å². The number of halogens is 2. The summed E-state index contributed by atoms with van der Waals surface area (Å²) in [5.74, 6) is -3.32. The fourth-order valence-corrected chi connectivity index (χ4v) is 3.08. The zero-order chi connectivity index (χ0) is 22.0. The Morgan fingerprint density at radius 2 is 1.52 bits per heavy atom. The SMILES string of the molecule is COc1ccc(NC(=O)c2oc3ccccc3c2NC(=O)c2c(F)cccc2F)cc1. The first-order valence-electron chi connectivity index (χ1n) is 9.20. The van der Waals surface area contributed by atoms with Crippen molar-refractivity contribution in [2.45, 2.75) is 0 Å². The second-order valence-corrected chi connectivity index (χ2v) is 6.54. The standard InChI is InChI=1S/C23H16F2N2O4/c1-30-14-11-9-13(10-12-14)26-23(29)21-20(15-5-2-3-8-18(15)31-21)27-22(28)19-16(24)6-4-7-17(19)25/h2-12H,1H3,(H,26,29)(H,27,28). The van der Waals surface area contributed by atoms with Crippen molar-refractivity contribution < 1.29 is 27.5 Å². The predicted octanol–water partition coefficient (Wildman–Crippen LogP) is 5.22. The average molecular weight is 422 g/mol. The smallest absolute Gasteiger partial charge is 0.293 e. The van der Waals surface area contributed by atoms with Crippen LogP contribution in [0.5, 0.6) is 5.75 Å². The summed E-state index contributed by atoms with van der Waals surface area (Å²) in [4.78, 5) is 25.5. The molecule has 3 aromatic carbocycles. The van der Waals surface area contributed by atoms with Gasteiger partial charge in [-0.3, -0.25) is 9.59 Å². The maximum absolute atomic E-state index is 14.0. The zero-order valence-corrected chi connectivity index (χ0v) is 16.2. The lowest BCUT2D eigenvalue weighted by Gasteiger charge is -2.09. The van der Waals surface area contributed by atoms with Crippen LogP contribution in [-0.4, -0.2) is 18.9 Å². The first kappa shape index (κ1) is 20.1. The van der Waals surface area contributed by atoms with E-state index in [1.54, 1.807) is 48.5 Å². The summed E-state index contributed by atoms with van der Waals surface area (Å²) in [6.45, 7) is 0. The van der Waals surface area contributed by atoms with E-state index in [2.05, 4.69) is 10.6 Å². The van der Waals surface area contributed by atoms with E-state index in [-0.39, 0.29) is 11.4 Å². The molecule has 6 nitrogen and oxygen atoms in total. The van der Waals surface area contributed by atoms with Gasteiger partial charge in [-0.05, 0) is 48.5 Å². The predicted molar refractivity (Wildman–Crippen MR) is 111 cm³/mol. The third-order valence-electron chi connectivity index (χ3n) is 4.58. The van der Waals surface area contributed by atoms with Crippen LogP contribution < -0.4 is 15.4 Å². The molecule has 0 bridgehead atoms. The molecule has 4 aromatic rings. The van der Waals surface area contributed by atoms with Crippen molar-refractivity contribution >= 4 is 34.2 Å². The average Bonchev–Trinajstić information content (AvgIpc) is 3.13. The monoisotopic (exact) mass is 422 g/mol. The van der Waals surface area contributed by atoms with Gasteiger partial charge >= 0.3 is 0 Å². The van der Waals surface area contributed by atoms with Crippen LogP contribution in [0.25, 0.3) is 11.0 Å². The van der Waals surface area contributed by atoms with E-state index in [1.165, 1.54) is 7.11 Å². The molecule has 0 fully saturated rings. The van der Waals surface area contributed by atoms with Crippen LogP contribution in [0.15, 0.2) is 71.1 Å². The van der Waals surface area contributed by atoms with E-state index in [0.29, 0.717) is 22.4 Å². The zero-order valence-electron chi connectivity index (χ0n) is 16.2. The first-order chi connectivity index (χ1) is 15.0. The van der Waals surface area contributed by atoms with Gasteiger partial charge in [-0.15, -0.1) is 0 Å². The number of carbonyl (C=O) groups excluding carboxylic acids is 2. The fraction of sp³-hybridized carbons (Fsp3) is 0.0435. The summed E-state index contributed by atoms with van der Waals surface area (Å²) < 4.78 is 38.8. The molecule has 0 atom stereocenters. The molecule has 2 amide bonds. The number of fused-ring (bicyclic) bond motifs is 1. The lowest BCUT2D eigenvalue weighted by Crippen LogP contribution is -2.19. The number of anilines is 2. The molecular weight excluding hydrogens is 406 g/mol. The Hall–Kier alpha value is -4.20. The molecule has 0 aliphatic carbocycles. The Bertz CT molecular complexity index is 1260. The fourth-order valence-electron chi connectivity index (χ4n) is 3.08. The second-order valence-electron chi connectivity index (χ2n) is 6.54. The van der Waals surface area contributed by atoms with Crippen molar-refractivity contribution in [3.8, 4) is 5.75 Å². The molecule has 0 saturated carbocycles. The maximum Gasteiger partial charge on any atom is 0.293 e. The third-order valence-corrected chi connectivity index (χ3v) is 4.58. The molecule has 0 aliphatic heterocycles. The summed E-state index contributed by atoms with van der Waals surface area (Å²) in [7, 11) is 1.52. The molecule has 0 spiro atoms. The normalized spacial score (nSPS) is 10.7. The highest BCUT2D eigenvalue weighted by molar-refractivity contribution is 6.17. The van der Waals surface area contributed by atoms with Gasteiger partial charge in [-0.25, -0.2) is 8.78 Å². The van der Waals surface area contributed by atoms with Crippen LogP contribution in [0.2, 0.25) is 0 Å². The molecule has 2 N–H and O–H groups in total. The minimum Gasteiger partial charge on any atom is -0.497 e. The van der Waals surface area contributed by atoms with Crippen molar-refractivity contribution in [2.24, 2.45) is 0 Å². The summed E-state index contributed by atoms with van der Waals surface area (Å²) in [6.07, 6.45) is 0. The van der Waals surface area contributed by atoms with Crippen LogP contribution in [0.3, 0.4) is 0 Å². The van der Waals surface area contributed by atoms with E-state index in [4.69, 9.17) is 9.15 Å². The highest BCUT2D eigenvalue weighted by Gasteiger charge is 2.25. The number of carbonyl (C=O) groups is 2. The molecule has 8 heteroatoms. The van der Waals surface area contributed by atoms with Crippen LogP contribution >= 0.6 is 0 Å². The van der Waals surface area contributed by atoms with Crippen LogP contribution in [0, 0.1) is 11.6 Å². The quantitative estimate of drug-likeness (QED) is 0.462. The Balaban J connectivity index is 1.70. The number of furan rings is 1. The number of benzene rings is 3. The number of hydrogen-bond donors (Lipinski definition) is 2. The number of rotatable bonds is 5. The highest BCUT2D eigenvalue weighted by atomic mass is 19.1. The summed E-state index contributed by atoms with van der Waals surface area (Å²) in [6, 6.07) is 16.3. The number of nitrogens with one attached hydrogen (secondary N) is 2. The summed E-state index contributed by atoms with van der Waals surface area (Å²) in [5, 5.41) is 5.49. The molecular formula is C23H16F2N2O4. The van der Waals surface area contributed by atoms with Gasteiger partial charge < -0.3 is 19.8 Å². The van der Waals surface area contributed by atoms with E-state index in [1.807, 2.05) is 0 Å². The molecule has 31 heavy (non-hydrogen) atoms. The van der Waals surface area contributed by atoms with Crippen molar-refractivity contribution in [1.82, 2.24) is 0 Å². The van der Waals surface area contributed by atoms with Crippen molar-refractivity contribution in [2.75, 3.05) is 17.7 Å². The van der Waals surface area contributed by atoms with Crippen molar-refractivity contribution in [1.29, 1.82) is 0 Å². The molecule has 1 aromatic heterocycles. The Kier molecular flexibility index (Phi) is 5.36. The van der Waals surface area contributed by atoms with Gasteiger partial charge in [0.2, 0.25) is 5.76 Å². The number of hydrogen-bond acceptors (Lipinski definition) is 4. The van der Waals surface area contributed by atoms with Crippen molar-refractivity contribution in [3.63, 3.8) is 0 Å². The molecule has 0 saturated heterocycles. The van der Waals surface area contributed by atoms with Crippen LogP contribution in [0.4, 0.5) is 20.2 Å². The van der Waals surface area contributed by atoms with Gasteiger partial charge in [0.05, 0.1) is 7.11 Å². The van der Waals surface area contributed by atoms with E-state index in [9.17, 15) is 18.4 Å². The second kappa shape index (κ2) is 8.27. The maximum atomic E-state index is 14.0. The lowest BCUT2D eigenvalue weighted by molar-refractivity contribution is 0.0999. The molecule has 1 heterocycles. The van der Waals surface area contributed by atoms with Crippen molar-refractivity contribution in [3.05, 3.63) is 89.7 Å². The number of methoxy groups -OCH3 is 1. The molecule has 0 aliphatic rings. The van der Waals surface area contributed by atoms with Crippen LogP contribution in [-0.2, 0) is 0 Å². The van der Waals surface area contributed by atoms with Gasteiger partial charge in [0, 0.05) is 11.1 Å². The van der Waals surface area contributed by atoms with E-state index >= 15 is 0 Å². The summed E-state index contributed by atoms with van der Waals surface area (Å²) >= 11 is 0. The first-order valence-corrected chi connectivity index (χ1v) is 9.20. The number of amides is 2. The number of ether oxygens (including phenoxy) is 1. The van der Waals surface area contributed by atoms with Crippen LogP contribution in [0.1, 0.15) is 20.9 Å². The molecule has 156 valence electrons. The Morgan fingerprint density at radius 1 is 0.839 bits per heavy atom. The van der Waals surface area contributed by atoms with E-state index < -0.39 is 29.0 Å². The number of para-hydroxylation sites is 1. The van der Waals surface area contributed by atoms with Gasteiger partial charge in [-0.1, -0.05) is 18.2 Å². The molecule has 0 unspecified atom stereocenters. The molecule has 0 radical (unpaired) electrons. The minimum atomic E-state index is -1.04. The molecule has 4 rings (SSSR count). The van der Waals surface area contributed by atoms with Gasteiger partial charge in [-0.2, -0.15) is 0 Å². The van der Waals surface area contributed by atoms with Gasteiger partial charge in [0.15, 0.2) is 0 Å². The highest BCUT2D eigenvalue weighted by Crippen LogP contribution is 2.32. The lowest BCUT2D eigenvalue weighted by atomic mass is 10.1. The Labute approximate surface area is 175 Å². The Morgan fingerprint density at radius 3 is 2.19 bits per heavy atom. The van der Waals surface area contributed by atoms with Gasteiger partial charge in [0.25, 0.3) is 11.8 Å². The van der Waals surface area contributed by atoms with Gasteiger partial charge in [0.1, 0.15) is 34.2 Å². The minimum absolute atomic E-state index is 0.00858. The summed E-state index contributed by atoms with van der Waals surface area (Å²) in [5.41, 5.74) is 0.0407. The third kappa shape index (κ3) is 3.95. The topological polar surface area (TPSA) is 80.6 Å².